The summed E-state index contributed by atoms with van der Waals surface area (Å²) in [6, 6.07) is 1.61. The highest BCUT2D eigenvalue weighted by Gasteiger charge is 2.23. The number of benzene rings is 1. The van der Waals surface area contributed by atoms with E-state index in [0.29, 0.717) is 16.1 Å². The first-order valence-corrected chi connectivity index (χ1v) is 8.55. The predicted octanol–water partition coefficient (Wildman–Crippen LogP) is 2.84. The van der Waals surface area contributed by atoms with Gasteiger partial charge in [-0.2, -0.15) is 0 Å². The van der Waals surface area contributed by atoms with E-state index in [9.17, 15) is 13.2 Å². The lowest BCUT2D eigenvalue weighted by atomic mass is 10.2. The molecule has 0 aliphatic carbocycles. The Bertz CT molecular complexity index is 618. The Hall–Kier alpha value is -0.820. The van der Waals surface area contributed by atoms with Crippen LogP contribution in [0.5, 0.6) is 0 Å². The molecule has 0 unspecified atom stereocenters. The fraction of sp³-hybridized carbons (Fsp3) is 0.462. The molecular weight excluding hydrogens is 337 g/mol. The van der Waals surface area contributed by atoms with Crippen LogP contribution >= 0.6 is 23.2 Å². The predicted molar refractivity (Wildman–Crippen MR) is 82.4 cm³/mol. The zero-order valence-corrected chi connectivity index (χ0v) is 14.3. The van der Waals surface area contributed by atoms with Crippen LogP contribution in [-0.4, -0.2) is 27.5 Å². The summed E-state index contributed by atoms with van der Waals surface area (Å²) in [5, 5.41) is 0.447. The van der Waals surface area contributed by atoms with Gasteiger partial charge >= 0.3 is 5.97 Å². The van der Waals surface area contributed by atoms with Crippen LogP contribution in [0.25, 0.3) is 0 Å². The van der Waals surface area contributed by atoms with Crippen LogP contribution in [0.1, 0.15) is 24.5 Å². The van der Waals surface area contributed by atoms with Crippen molar-refractivity contribution in [1.29, 1.82) is 0 Å². The normalized spacial score (nSPS) is 11.5. The number of halogens is 2. The largest absolute Gasteiger partial charge is 0.466 e. The number of esters is 1. The number of carbonyl (C=O) groups excluding carboxylic acids is 1. The van der Waals surface area contributed by atoms with Crippen molar-refractivity contribution < 1.29 is 17.9 Å². The SMILES string of the molecule is CCOC(=O)CCNS(=O)(=O)c1c(C)c(Cl)cc(C)c1Cl. The van der Waals surface area contributed by atoms with Gasteiger partial charge in [0.15, 0.2) is 0 Å². The first-order chi connectivity index (χ1) is 9.70. The second-order valence-electron chi connectivity index (χ2n) is 4.40. The third kappa shape index (κ3) is 4.57. The van der Waals surface area contributed by atoms with Crippen molar-refractivity contribution >= 4 is 39.2 Å². The Kier molecular flexibility index (Phi) is 6.46. The summed E-state index contributed by atoms with van der Waals surface area (Å²) < 4.78 is 31.7. The van der Waals surface area contributed by atoms with Gasteiger partial charge in [-0.05, 0) is 38.0 Å². The first-order valence-electron chi connectivity index (χ1n) is 6.31. The molecule has 0 radical (unpaired) electrons. The molecule has 118 valence electrons. The molecule has 0 aromatic heterocycles. The van der Waals surface area contributed by atoms with E-state index in [1.54, 1.807) is 26.8 Å². The van der Waals surface area contributed by atoms with Gasteiger partial charge in [0.2, 0.25) is 10.0 Å². The van der Waals surface area contributed by atoms with Gasteiger partial charge < -0.3 is 4.74 Å². The van der Waals surface area contributed by atoms with Crippen molar-refractivity contribution in [3.05, 3.63) is 27.2 Å². The Morgan fingerprint density at radius 1 is 1.33 bits per heavy atom. The number of ether oxygens (including phenoxy) is 1. The highest BCUT2D eigenvalue weighted by molar-refractivity contribution is 7.89. The molecule has 0 aliphatic heterocycles. The van der Waals surface area contributed by atoms with Gasteiger partial charge in [0.25, 0.3) is 0 Å². The summed E-state index contributed by atoms with van der Waals surface area (Å²) in [5.74, 6) is -0.467. The molecule has 0 amide bonds. The van der Waals surface area contributed by atoms with E-state index < -0.39 is 16.0 Å². The van der Waals surface area contributed by atoms with Gasteiger partial charge in [0, 0.05) is 11.6 Å². The number of nitrogens with one attached hydrogen (secondary N) is 1. The van der Waals surface area contributed by atoms with E-state index in [0.717, 1.165) is 0 Å². The van der Waals surface area contributed by atoms with E-state index in [-0.39, 0.29) is 29.5 Å². The van der Waals surface area contributed by atoms with Crippen LogP contribution in [0.4, 0.5) is 0 Å². The topological polar surface area (TPSA) is 72.5 Å². The van der Waals surface area contributed by atoms with E-state index in [1.807, 2.05) is 0 Å². The van der Waals surface area contributed by atoms with Gasteiger partial charge in [-0.15, -0.1) is 0 Å². The third-order valence-electron chi connectivity index (χ3n) is 2.78. The van der Waals surface area contributed by atoms with E-state index in [4.69, 9.17) is 27.9 Å². The number of hydrogen-bond donors (Lipinski definition) is 1. The Labute approximate surface area is 134 Å². The molecule has 0 spiro atoms. The van der Waals surface area contributed by atoms with Crippen molar-refractivity contribution in [3.63, 3.8) is 0 Å². The summed E-state index contributed by atoms with van der Waals surface area (Å²) in [6.45, 7) is 5.12. The second-order valence-corrected chi connectivity index (χ2v) is 6.89. The fourth-order valence-corrected chi connectivity index (χ4v) is 3.97. The Balaban J connectivity index is 2.97. The maximum absolute atomic E-state index is 12.3. The lowest BCUT2D eigenvalue weighted by Crippen LogP contribution is -2.28. The maximum Gasteiger partial charge on any atom is 0.307 e. The monoisotopic (exact) mass is 353 g/mol. The minimum atomic E-state index is -3.85. The molecule has 21 heavy (non-hydrogen) atoms. The second kappa shape index (κ2) is 7.45. The van der Waals surface area contributed by atoms with Gasteiger partial charge in [-0.25, -0.2) is 13.1 Å². The molecule has 1 aromatic carbocycles. The van der Waals surface area contributed by atoms with E-state index >= 15 is 0 Å². The first kappa shape index (κ1) is 18.2. The molecule has 0 atom stereocenters. The Morgan fingerprint density at radius 3 is 2.52 bits per heavy atom. The van der Waals surface area contributed by atoms with Crippen LogP contribution in [0.3, 0.4) is 0 Å². The molecule has 0 heterocycles. The van der Waals surface area contributed by atoms with Gasteiger partial charge in [0.05, 0.1) is 18.1 Å². The molecule has 1 rings (SSSR count). The summed E-state index contributed by atoms with van der Waals surface area (Å²) in [6.07, 6.45) is -0.0523. The van der Waals surface area contributed by atoms with Gasteiger partial charge in [-0.1, -0.05) is 23.2 Å². The van der Waals surface area contributed by atoms with Crippen LogP contribution < -0.4 is 4.72 Å². The molecule has 0 aliphatic rings. The van der Waals surface area contributed by atoms with Crippen molar-refractivity contribution in [2.45, 2.75) is 32.1 Å². The highest BCUT2D eigenvalue weighted by Crippen LogP contribution is 2.33. The lowest BCUT2D eigenvalue weighted by molar-refractivity contribution is -0.142. The van der Waals surface area contributed by atoms with Crippen LogP contribution in [0.15, 0.2) is 11.0 Å². The summed E-state index contributed by atoms with van der Waals surface area (Å²) in [5.41, 5.74) is 0.939. The molecular formula is C13H17Cl2NO4S. The van der Waals surface area contributed by atoms with Gasteiger partial charge in [0.1, 0.15) is 4.90 Å². The molecule has 0 fully saturated rings. The summed E-state index contributed by atoms with van der Waals surface area (Å²) in [7, 11) is -3.85. The van der Waals surface area contributed by atoms with Crippen LogP contribution in [-0.2, 0) is 19.6 Å². The van der Waals surface area contributed by atoms with Crippen molar-refractivity contribution in [2.24, 2.45) is 0 Å². The van der Waals surface area contributed by atoms with E-state index in [1.165, 1.54) is 0 Å². The van der Waals surface area contributed by atoms with Crippen LogP contribution in [0.2, 0.25) is 10.0 Å². The fourth-order valence-electron chi connectivity index (χ4n) is 1.73. The summed E-state index contributed by atoms with van der Waals surface area (Å²) >= 11 is 12.1. The third-order valence-corrected chi connectivity index (χ3v) is 5.41. The molecule has 1 aromatic rings. The molecule has 0 saturated carbocycles. The standard InChI is InChI=1S/C13H17Cl2NO4S/c1-4-20-11(17)5-6-16-21(18,19)13-9(3)10(14)7-8(2)12(13)15/h7,16H,4-6H2,1-3H3. The zero-order chi connectivity index (χ0) is 16.2. The quantitative estimate of drug-likeness (QED) is 0.798. The van der Waals surface area contributed by atoms with Crippen molar-refractivity contribution in [2.75, 3.05) is 13.2 Å². The number of hydrogen-bond acceptors (Lipinski definition) is 4. The van der Waals surface area contributed by atoms with Gasteiger partial charge in [-0.3, -0.25) is 4.79 Å². The number of rotatable bonds is 6. The minimum Gasteiger partial charge on any atom is -0.466 e. The molecule has 1 N–H and O–H groups in total. The molecule has 5 nitrogen and oxygen atoms in total. The van der Waals surface area contributed by atoms with Crippen molar-refractivity contribution in [3.8, 4) is 0 Å². The van der Waals surface area contributed by atoms with E-state index in [2.05, 4.69) is 4.72 Å². The number of carbonyl (C=O) groups is 1. The van der Waals surface area contributed by atoms with Crippen LogP contribution in [0, 0.1) is 13.8 Å². The van der Waals surface area contributed by atoms with Crippen molar-refractivity contribution in [1.82, 2.24) is 4.72 Å². The minimum absolute atomic E-state index is 0.0523. The average Bonchev–Trinajstić information content (AvgIpc) is 2.36. The molecule has 0 saturated heterocycles. The number of aryl methyl sites for hydroxylation is 1. The number of sulfonamides is 1. The maximum atomic E-state index is 12.3. The smallest absolute Gasteiger partial charge is 0.307 e. The molecule has 0 bridgehead atoms. The summed E-state index contributed by atoms with van der Waals surface area (Å²) in [4.78, 5) is 11.1. The Morgan fingerprint density at radius 2 is 1.95 bits per heavy atom. The average molecular weight is 354 g/mol. The lowest BCUT2D eigenvalue weighted by Gasteiger charge is -2.14. The zero-order valence-electron chi connectivity index (χ0n) is 12.0. The molecule has 8 heteroatoms. The highest BCUT2D eigenvalue weighted by atomic mass is 35.5.